The van der Waals surface area contributed by atoms with Crippen LogP contribution in [0.3, 0.4) is 0 Å². The fourth-order valence-corrected chi connectivity index (χ4v) is 4.66. The molecule has 3 rings (SSSR count). The third kappa shape index (κ3) is 5.49. The van der Waals surface area contributed by atoms with Gasteiger partial charge in [-0.3, -0.25) is 9.58 Å². The van der Waals surface area contributed by atoms with Crippen LogP contribution in [0.5, 0.6) is 0 Å². The number of aromatic nitrogens is 2. The van der Waals surface area contributed by atoms with Gasteiger partial charge in [0.15, 0.2) is 0 Å². The summed E-state index contributed by atoms with van der Waals surface area (Å²) in [6.45, 7) is 6.61. The molecule has 0 spiro atoms. The zero-order valence-corrected chi connectivity index (χ0v) is 19.7. The van der Waals surface area contributed by atoms with Crippen molar-refractivity contribution in [1.82, 2.24) is 19.6 Å². The summed E-state index contributed by atoms with van der Waals surface area (Å²) in [6, 6.07) is 0. The summed E-state index contributed by atoms with van der Waals surface area (Å²) in [7, 11) is 3.43. The molecule has 0 saturated heterocycles. The molecule has 1 aliphatic carbocycles. The predicted molar refractivity (Wildman–Crippen MR) is 119 cm³/mol. The fourth-order valence-electron chi connectivity index (χ4n) is 4.66. The molecule has 0 fully saturated rings. The van der Waals surface area contributed by atoms with Crippen molar-refractivity contribution in [3.63, 3.8) is 0 Å². The minimum Gasteiger partial charge on any atom is -0.465 e. The predicted octanol–water partition coefficient (Wildman–Crippen LogP) is 4.12. The monoisotopic (exact) mass is 454 g/mol. The molecule has 0 aromatic carbocycles. The molecule has 32 heavy (non-hydrogen) atoms. The van der Waals surface area contributed by atoms with E-state index in [1.807, 2.05) is 18.9 Å². The third-order valence-corrected chi connectivity index (χ3v) is 6.89. The van der Waals surface area contributed by atoms with Gasteiger partial charge in [0.1, 0.15) is 6.54 Å². The number of hydrogen-bond acceptors (Lipinski definition) is 4. The quantitative estimate of drug-likeness (QED) is 0.576. The summed E-state index contributed by atoms with van der Waals surface area (Å²) in [5, 5.41) is 13.6. The number of allylic oxidation sites excluding steroid dienone is 2. The maximum atomic E-state index is 14.1. The number of carbonyl (C=O) groups is 1. The highest BCUT2D eigenvalue weighted by atomic mass is 19.3. The van der Waals surface area contributed by atoms with E-state index in [2.05, 4.69) is 18.1 Å². The molecule has 1 unspecified atom stereocenters. The number of alkyl halides is 2. The molecule has 0 saturated carbocycles. The molecule has 2 aliphatic rings. The Balaban J connectivity index is 1.82. The first-order chi connectivity index (χ1) is 15.1. The first kappa shape index (κ1) is 24.6. The Morgan fingerprint density at radius 2 is 2.06 bits per heavy atom. The lowest BCUT2D eigenvalue weighted by molar-refractivity contribution is 0.000775. The van der Waals surface area contributed by atoms with E-state index in [0.29, 0.717) is 31.9 Å². The second-order valence-corrected chi connectivity index (χ2v) is 9.32. The van der Waals surface area contributed by atoms with Gasteiger partial charge in [0.05, 0.1) is 24.4 Å². The van der Waals surface area contributed by atoms with Crippen LogP contribution in [0.4, 0.5) is 13.6 Å². The Morgan fingerprint density at radius 3 is 2.66 bits per heavy atom. The van der Waals surface area contributed by atoms with Crippen LogP contribution in [-0.2, 0) is 24.2 Å². The van der Waals surface area contributed by atoms with Gasteiger partial charge in [-0.1, -0.05) is 13.0 Å². The van der Waals surface area contributed by atoms with Crippen LogP contribution in [-0.4, -0.2) is 77.1 Å². The number of likely N-dealkylation sites (N-methyl/N-ethyl adjacent to an activating group) is 2. The minimum absolute atomic E-state index is 0.109. The first-order valence-electron chi connectivity index (χ1n) is 11.5. The van der Waals surface area contributed by atoms with Gasteiger partial charge in [-0.2, -0.15) is 5.10 Å². The van der Waals surface area contributed by atoms with Gasteiger partial charge in [-0.25, -0.2) is 13.6 Å². The van der Waals surface area contributed by atoms with Gasteiger partial charge >= 0.3 is 6.09 Å². The van der Waals surface area contributed by atoms with Crippen LogP contribution in [0.1, 0.15) is 56.5 Å². The van der Waals surface area contributed by atoms with Crippen molar-refractivity contribution >= 4 is 11.7 Å². The third-order valence-electron chi connectivity index (χ3n) is 6.89. The Bertz CT molecular complexity index is 855. The summed E-state index contributed by atoms with van der Waals surface area (Å²) in [6.07, 6.45) is 4.64. The van der Waals surface area contributed by atoms with Gasteiger partial charge in [0, 0.05) is 38.9 Å². The second kappa shape index (κ2) is 9.87. The Morgan fingerprint density at radius 1 is 1.31 bits per heavy atom. The average molecular weight is 455 g/mol. The lowest BCUT2D eigenvalue weighted by atomic mass is 9.72. The van der Waals surface area contributed by atoms with E-state index in [0.717, 1.165) is 49.1 Å². The number of hydrogen-bond donors (Lipinski definition) is 1. The van der Waals surface area contributed by atoms with E-state index < -0.39 is 12.0 Å². The highest BCUT2D eigenvalue weighted by Crippen LogP contribution is 2.44. The molecule has 9 heteroatoms. The molecule has 7 nitrogen and oxygen atoms in total. The van der Waals surface area contributed by atoms with Gasteiger partial charge < -0.3 is 14.7 Å². The topological polar surface area (TPSA) is 70.8 Å². The number of ether oxygens (including phenoxy) is 1. The van der Waals surface area contributed by atoms with Crippen LogP contribution in [0.25, 0.3) is 5.57 Å². The summed E-state index contributed by atoms with van der Waals surface area (Å²) in [5.41, 5.74) is 3.52. The molecular weight excluding hydrogens is 418 g/mol. The van der Waals surface area contributed by atoms with E-state index in [9.17, 15) is 13.6 Å². The van der Waals surface area contributed by atoms with Crippen molar-refractivity contribution in [2.75, 3.05) is 40.4 Å². The standard InChI is InChI=1S/C23H36F2N4O3/c1-5-22(16-32-6-2)9-7-17(8-10-22)20-18(14-27(3)11-12-28(4)21(30)31)26-29-15-23(24,25)13-19(20)29/h7H,5-6,8-16H2,1-4H3,(H,30,31). The van der Waals surface area contributed by atoms with Crippen LogP contribution in [0, 0.1) is 5.41 Å². The Kier molecular flexibility index (Phi) is 7.60. The number of amides is 1. The van der Waals surface area contributed by atoms with Crippen molar-refractivity contribution in [3.8, 4) is 0 Å². The normalized spacial score (nSPS) is 22.2. The van der Waals surface area contributed by atoms with Crippen LogP contribution in [0.2, 0.25) is 0 Å². The largest absolute Gasteiger partial charge is 0.465 e. The van der Waals surface area contributed by atoms with Gasteiger partial charge in [0.25, 0.3) is 5.92 Å². The number of carboxylic acid groups (broad SMARTS) is 1. The number of nitrogens with zero attached hydrogens (tertiary/aromatic N) is 4. The Hall–Kier alpha value is -2.00. The SMILES string of the molecule is CCOCC1(CC)CC=C(c2c(CN(C)CCN(C)C(=O)O)nn3c2CC(F)(F)C3)CC1. The van der Waals surface area contributed by atoms with Crippen molar-refractivity contribution in [3.05, 3.63) is 23.0 Å². The number of fused-ring (bicyclic) bond motifs is 1. The fraction of sp³-hybridized carbons (Fsp3) is 0.739. The van der Waals surface area contributed by atoms with Gasteiger partial charge in [-0.15, -0.1) is 0 Å². The molecule has 1 aromatic heterocycles. The molecule has 2 heterocycles. The van der Waals surface area contributed by atoms with E-state index in [4.69, 9.17) is 9.84 Å². The maximum absolute atomic E-state index is 14.1. The van der Waals surface area contributed by atoms with E-state index >= 15 is 0 Å². The highest BCUT2D eigenvalue weighted by Gasteiger charge is 2.42. The van der Waals surface area contributed by atoms with Crippen LogP contribution in [0.15, 0.2) is 6.08 Å². The molecule has 1 amide bonds. The lowest BCUT2D eigenvalue weighted by Crippen LogP contribution is -2.34. The summed E-state index contributed by atoms with van der Waals surface area (Å²) >= 11 is 0. The highest BCUT2D eigenvalue weighted by molar-refractivity contribution is 5.71. The molecule has 1 atom stereocenters. The van der Waals surface area contributed by atoms with Crippen molar-refractivity contribution < 1.29 is 23.4 Å². The maximum Gasteiger partial charge on any atom is 0.407 e. The molecule has 1 N–H and O–H groups in total. The van der Waals surface area contributed by atoms with Crippen LogP contribution >= 0.6 is 0 Å². The minimum atomic E-state index is -2.76. The van der Waals surface area contributed by atoms with Crippen molar-refractivity contribution in [2.45, 2.75) is 65.0 Å². The summed E-state index contributed by atoms with van der Waals surface area (Å²) in [5.74, 6) is -2.76. The van der Waals surface area contributed by atoms with E-state index in [1.165, 1.54) is 16.6 Å². The van der Waals surface area contributed by atoms with E-state index in [1.54, 1.807) is 0 Å². The summed E-state index contributed by atoms with van der Waals surface area (Å²) < 4.78 is 35.5. The lowest BCUT2D eigenvalue weighted by Gasteiger charge is -2.35. The molecule has 180 valence electrons. The number of halogens is 2. The van der Waals surface area contributed by atoms with Crippen molar-refractivity contribution in [1.29, 1.82) is 0 Å². The molecular formula is C23H36F2N4O3. The first-order valence-corrected chi connectivity index (χ1v) is 11.5. The molecule has 1 aromatic rings. The summed E-state index contributed by atoms with van der Waals surface area (Å²) in [4.78, 5) is 14.3. The number of rotatable bonds is 10. The van der Waals surface area contributed by atoms with Crippen LogP contribution < -0.4 is 0 Å². The Labute approximate surface area is 189 Å². The smallest absolute Gasteiger partial charge is 0.407 e. The zero-order chi connectivity index (χ0) is 23.5. The molecule has 1 aliphatic heterocycles. The molecule has 0 radical (unpaired) electrons. The van der Waals surface area contributed by atoms with E-state index in [-0.39, 0.29) is 18.4 Å². The average Bonchev–Trinajstić information content (AvgIpc) is 3.21. The van der Waals surface area contributed by atoms with Gasteiger partial charge in [0.2, 0.25) is 0 Å². The van der Waals surface area contributed by atoms with Gasteiger partial charge in [-0.05, 0) is 50.6 Å². The molecule has 0 bridgehead atoms. The second-order valence-electron chi connectivity index (χ2n) is 9.32. The zero-order valence-electron chi connectivity index (χ0n) is 19.7. The van der Waals surface area contributed by atoms with Crippen molar-refractivity contribution in [2.24, 2.45) is 5.41 Å².